The van der Waals surface area contributed by atoms with Gasteiger partial charge in [-0.1, -0.05) is 6.07 Å². The number of fused-ring (bicyclic) bond motifs is 1. The van der Waals surface area contributed by atoms with E-state index in [0.717, 1.165) is 5.56 Å². The van der Waals surface area contributed by atoms with Crippen LogP contribution in [0.15, 0.2) is 17.0 Å². The molecule has 1 unspecified atom stereocenters. The smallest absolute Gasteiger partial charge is 0.244 e. The number of anilines is 1. The number of amides is 1. The van der Waals surface area contributed by atoms with Gasteiger partial charge in [0, 0.05) is 0 Å². The molecule has 1 aliphatic heterocycles. The van der Waals surface area contributed by atoms with Gasteiger partial charge in [-0.15, -0.1) is 0 Å². The van der Waals surface area contributed by atoms with Crippen LogP contribution in [0.1, 0.15) is 17.5 Å². The summed E-state index contributed by atoms with van der Waals surface area (Å²) in [7, 11) is -3.78. The minimum atomic E-state index is -3.78. The number of hydrogen-bond acceptors (Lipinski definition) is 4. The van der Waals surface area contributed by atoms with Crippen molar-refractivity contribution in [1.29, 1.82) is 5.26 Å². The van der Waals surface area contributed by atoms with Gasteiger partial charge in [0.1, 0.15) is 0 Å². The van der Waals surface area contributed by atoms with Crippen molar-refractivity contribution in [3.05, 3.63) is 23.3 Å². The molecule has 1 atom stereocenters. The third-order valence-electron chi connectivity index (χ3n) is 2.91. The van der Waals surface area contributed by atoms with Gasteiger partial charge < -0.3 is 5.32 Å². The molecule has 0 spiro atoms. The van der Waals surface area contributed by atoms with Gasteiger partial charge in [0.2, 0.25) is 5.91 Å². The number of carbonyl (C=O) groups is 1. The lowest BCUT2D eigenvalue weighted by Crippen LogP contribution is -2.40. The predicted octanol–water partition coefficient (Wildman–Crippen LogP) is 1.31. The number of benzene rings is 1. The number of hydrogen-bond donors (Lipinski definition) is 1. The van der Waals surface area contributed by atoms with E-state index in [1.165, 1.54) is 0 Å². The summed E-state index contributed by atoms with van der Waals surface area (Å²) in [5, 5.41) is 9.89. The lowest BCUT2D eigenvalue weighted by Gasteiger charge is -2.25. The maximum Gasteiger partial charge on any atom is 0.244 e. The fraction of sp³-hybridized carbons (Fsp3) is 0.333. The number of aryl methyl sites for hydroxylation is 2. The number of nitrogens with zero attached hydrogens (tertiary/aromatic N) is 1. The monoisotopic (exact) mass is 264 g/mol. The van der Waals surface area contributed by atoms with Gasteiger partial charge in [0.05, 0.1) is 23.1 Å². The van der Waals surface area contributed by atoms with E-state index in [-0.39, 0.29) is 11.3 Å². The molecule has 94 valence electrons. The molecule has 1 N–H and O–H groups in total. The van der Waals surface area contributed by atoms with E-state index in [9.17, 15) is 13.2 Å². The van der Waals surface area contributed by atoms with Gasteiger partial charge in [-0.2, -0.15) is 5.26 Å². The second-order valence-electron chi connectivity index (χ2n) is 4.34. The van der Waals surface area contributed by atoms with Crippen LogP contribution in [0.4, 0.5) is 5.69 Å². The van der Waals surface area contributed by atoms with Crippen LogP contribution in [0.25, 0.3) is 0 Å². The average molecular weight is 264 g/mol. The minimum Gasteiger partial charge on any atom is -0.324 e. The van der Waals surface area contributed by atoms with Crippen molar-refractivity contribution >= 4 is 21.4 Å². The Morgan fingerprint density at radius 1 is 1.39 bits per heavy atom. The normalized spacial score (nSPS) is 20.7. The number of rotatable bonds is 1. The lowest BCUT2D eigenvalue weighted by atomic mass is 10.1. The highest BCUT2D eigenvalue weighted by atomic mass is 32.2. The Balaban J connectivity index is 2.71. The van der Waals surface area contributed by atoms with Crippen LogP contribution < -0.4 is 5.32 Å². The fourth-order valence-corrected chi connectivity index (χ4v) is 4.05. The SMILES string of the molecule is Cc1cc(C)c2c(c1)NC(=O)C(CC#N)S2(=O)=O. The highest BCUT2D eigenvalue weighted by Crippen LogP contribution is 2.34. The first-order valence-corrected chi connectivity index (χ1v) is 6.95. The molecule has 0 aliphatic carbocycles. The highest BCUT2D eigenvalue weighted by molar-refractivity contribution is 7.93. The summed E-state index contributed by atoms with van der Waals surface area (Å²) >= 11 is 0. The van der Waals surface area contributed by atoms with Crippen molar-refractivity contribution in [2.45, 2.75) is 30.4 Å². The first-order valence-electron chi connectivity index (χ1n) is 5.41. The summed E-state index contributed by atoms with van der Waals surface area (Å²) in [6.45, 7) is 3.51. The fourth-order valence-electron chi connectivity index (χ4n) is 2.21. The number of carbonyl (C=O) groups excluding carboxylic acids is 1. The van der Waals surface area contributed by atoms with Gasteiger partial charge in [0.15, 0.2) is 15.1 Å². The predicted molar refractivity (Wildman–Crippen MR) is 65.7 cm³/mol. The Morgan fingerprint density at radius 2 is 2.06 bits per heavy atom. The highest BCUT2D eigenvalue weighted by Gasteiger charge is 2.41. The molecule has 0 fully saturated rings. The van der Waals surface area contributed by atoms with Crippen molar-refractivity contribution in [3.63, 3.8) is 0 Å². The van der Waals surface area contributed by atoms with Gasteiger partial charge in [-0.25, -0.2) is 8.42 Å². The molecule has 0 radical (unpaired) electrons. The Kier molecular flexibility index (Phi) is 2.87. The van der Waals surface area contributed by atoms with Crippen LogP contribution in [0, 0.1) is 25.2 Å². The van der Waals surface area contributed by atoms with E-state index >= 15 is 0 Å². The topological polar surface area (TPSA) is 87.0 Å². The third-order valence-corrected chi connectivity index (χ3v) is 5.15. The average Bonchev–Trinajstić information content (AvgIpc) is 2.22. The molecule has 1 aromatic carbocycles. The first-order chi connectivity index (χ1) is 8.37. The molecule has 0 bridgehead atoms. The van der Waals surface area contributed by atoms with Gasteiger partial charge >= 0.3 is 0 Å². The zero-order valence-corrected chi connectivity index (χ0v) is 10.8. The van der Waals surface area contributed by atoms with E-state index < -0.39 is 21.0 Å². The second-order valence-corrected chi connectivity index (χ2v) is 6.41. The Hall–Kier alpha value is -1.87. The van der Waals surface area contributed by atoms with E-state index in [1.807, 2.05) is 6.92 Å². The number of sulfone groups is 1. The molecule has 2 rings (SSSR count). The van der Waals surface area contributed by atoms with Crippen LogP contribution >= 0.6 is 0 Å². The molecule has 1 aliphatic rings. The van der Waals surface area contributed by atoms with Crippen molar-refractivity contribution in [3.8, 4) is 6.07 Å². The van der Waals surface area contributed by atoms with Gasteiger partial charge in [-0.3, -0.25) is 4.79 Å². The largest absolute Gasteiger partial charge is 0.324 e. The quantitative estimate of drug-likeness (QED) is 0.828. The van der Waals surface area contributed by atoms with Crippen LogP contribution in [-0.2, 0) is 14.6 Å². The van der Waals surface area contributed by atoms with E-state index in [1.54, 1.807) is 25.1 Å². The standard InChI is InChI=1S/C12H12N2O3S/c1-7-5-8(2)11-9(6-7)14-12(15)10(3-4-13)18(11,16)17/h5-6,10H,3H2,1-2H3,(H,14,15). The third kappa shape index (κ3) is 1.77. The Bertz CT molecular complexity index is 671. The molecule has 0 aromatic heterocycles. The molecule has 0 saturated carbocycles. The van der Waals surface area contributed by atoms with Crippen molar-refractivity contribution < 1.29 is 13.2 Å². The van der Waals surface area contributed by atoms with Gasteiger partial charge in [-0.05, 0) is 31.0 Å². The number of nitriles is 1. The lowest BCUT2D eigenvalue weighted by molar-refractivity contribution is -0.115. The van der Waals surface area contributed by atoms with E-state index in [2.05, 4.69) is 5.32 Å². The van der Waals surface area contributed by atoms with Crippen molar-refractivity contribution in [2.24, 2.45) is 0 Å². The van der Waals surface area contributed by atoms with E-state index in [0.29, 0.717) is 11.3 Å². The van der Waals surface area contributed by atoms with Crippen LogP contribution in [-0.4, -0.2) is 19.6 Å². The molecule has 0 saturated heterocycles. The summed E-state index contributed by atoms with van der Waals surface area (Å²) in [5.74, 6) is -0.631. The van der Waals surface area contributed by atoms with Crippen LogP contribution in [0.3, 0.4) is 0 Å². The maximum atomic E-state index is 12.3. The Morgan fingerprint density at radius 3 is 2.67 bits per heavy atom. The van der Waals surface area contributed by atoms with Gasteiger partial charge in [0.25, 0.3) is 0 Å². The minimum absolute atomic E-state index is 0.132. The summed E-state index contributed by atoms with van der Waals surface area (Å²) in [6, 6.07) is 5.12. The molecular formula is C12H12N2O3S. The molecule has 1 heterocycles. The molecule has 6 heteroatoms. The van der Waals surface area contributed by atoms with Crippen LogP contribution in [0.5, 0.6) is 0 Å². The maximum absolute atomic E-state index is 12.3. The van der Waals surface area contributed by atoms with E-state index in [4.69, 9.17) is 5.26 Å². The summed E-state index contributed by atoms with van der Waals surface area (Å²) in [4.78, 5) is 11.9. The molecular weight excluding hydrogens is 252 g/mol. The Labute approximate surface area is 105 Å². The first kappa shape index (κ1) is 12.6. The molecule has 1 aromatic rings. The molecule has 5 nitrogen and oxygen atoms in total. The summed E-state index contributed by atoms with van der Waals surface area (Å²) < 4.78 is 24.6. The van der Waals surface area contributed by atoms with Crippen LogP contribution in [0.2, 0.25) is 0 Å². The summed E-state index contributed by atoms with van der Waals surface area (Å²) in [6.07, 6.45) is -0.332. The molecule has 18 heavy (non-hydrogen) atoms. The van der Waals surface area contributed by atoms with Crippen molar-refractivity contribution in [2.75, 3.05) is 5.32 Å². The van der Waals surface area contributed by atoms with Crippen molar-refractivity contribution in [1.82, 2.24) is 0 Å². The second kappa shape index (κ2) is 4.10. The summed E-state index contributed by atoms with van der Waals surface area (Å²) in [5.41, 5.74) is 1.78. The zero-order chi connectivity index (χ0) is 13.5. The zero-order valence-electron chi connectivity index (χ0n) is 10.0. The molecule has 1 amide bonds. The number of nitrogens with one attached hydrogen (secondary N) is 1.